The number of amides is 1. The monoisotopic (exact) mass is 403 g/mol. The molecule has 29 heavy (non-hydrogen) atoms. The molecular formula is C22H17N3O3S. The molecule has 0 spiro atoms. The number of carbonyl (C=O) groups excluding carboxylic acids is 2. The molecule has 2 heterocycles. The third kappa shape index (κ3) is 4.00. The van der Waals surface area contributed by atoms with Gasteiger partial charge in [-0.1, -0.05) is 35.9 Å². The summed E-state index contributed by atoms with van der Waals surface area (Å²) in [7, 11) is 0. The average molecular weight is 403 g/mol. The number of cyclic esters (lactones) is 1. The van der Waals surface area contributed by atoms with Crippen LogP contribution in [0.5, 0.6) is 0 Å². The quantitative estimate of drug-likeness (QED) is 0.476. The molecule has 0 bridgehead atoms. The lowest BCUT2D eigenvalue weighted by Gasteiger charge is -2.17. The van der Waals surface area contributed by atoms with Crippen molar-refractivity contribution in [2.75, 3.05) is 4.90 Å². The fourth-order valence-electron chi connectivity index (χ4n) is 2.90. The Morgan fingerprint density at radius 3 is 2.66 bits per heavy atom. The molecule has 1 aromatic heterocycles. The minimum Gasteiger partial charge on any atom is -0.402 e. The second kappa shape index (κ2) is 7.81. The van der Waals surface area contributed by atoms with Crippen molar-refractivity contribution in [3.05, 3.63) is 82.5 Å². The molecule has 1 amide bonds. The third-order valence-electron chi connectivity index (χ3n) is 4.20. The van der Waals surface area contributed by atoms with Crippen molar-refractivity contribution in [3.8, 4) is 0 Å². The minimum atomic E-state index is -0.525. The second-order valence-corrected chi connectivity index (χ2v) is 7.29. The minimum absolute atomic E-state index is 0.148. The Morgan fingerprint density at radius 2 is 1.93 bits per heavy atom. The molecule has 6 nitrogen and oxygen atoms in total. The summed E-state index contributed by atoms with van der Waals surface area (Å²) in [5, 5.41) is 2.29. The largest absolute Gasteiger partial charge is 0.402 e. The van der Waals surface area contributed by atoms with Crippen LogP contribution in [0.3, 0.4) is 0 Å². The lowest BCUT2D eigenvalue weighted by atomic mass is 10.1. The molecule has 0 saturated carbocycles. The average Bonchev–Trinajstić information content (AvgIpc) is 3.30. The van der Waals surface area contributed by atoms with Crippen molar-refractivity contribution in [1.29, 1.82) is 0 Å². The molecule has 0 fully saturated rings. The number of esters is 1. The predicted octanol–water partition coefficient (Wildman–Crippen LogP) is 4.48. The van der Waals surface area contributed by atoms with Gasteiger partial charge in [0.2, 0.25) is 11.8 Å². The first kappa shape index (κ1) is 18.8. The lowest BCUT2D eigenvalue weighted by molar-refractivity contribution is -0.130. The van der Waals surface area contributed by atoms with Crippen molar-refractivity contribution in [2.45, 2.75) is 13.8 Å². The van der Waals surface area contributed by atoms with Crippen LogP contribution < -0.4 is 4.90 Å². The Kier molecular flexibility index (Phi) is 5.05. The topological polar surface area (TPSA) is 71.9 Å². The first-order chi connectivity index (χ1) is 14.0. The number of ether oxygens (including phenoxy) is 1. The standard InChI is InChI=1S/C22H17N3O3S/c1-14-7-6-8-16(11-14)20-24-19(21(27)28-20)12-17-13-29-22(23-17)25(15(2)26)18-9-4-3-5-10-18/h3-13H,1-2H3/b19-12-. The number of anilines is 2. The maximum atomic E-state index is 12.2. The number of carbonyl (C=O) groups is 2. The van der Waals surface area contributed by atoms with Gasteiger partial charge in [0.15, 0.2) is 10.8 Å². The third-order valence-corrected chi connectivity index (χ3v) is 5.04. The highest BCUT2D eigenvalue weighted by Gasteiger charge is 2.25. The molecule has 1 aliphatic heterocycles. The van der Waals surface area contributed by atoms with E-state index in [0.717, 1.165) is 16.8 Å². The summed E-state index contributed by atoms with van der Waals surface area (Å²) in [4.78, 5) is 34.7. The lowest BCUT2D eigenvalue weighted by Crippen LogP contribution is -2.22. The van der Waals surface area contributed by atoms with Gasteiger partial charge in [0.1, 0.15) is 0 Å². The van der Waals surface area contributed by atoms with Crippen molar-refractivity contribution in [2.24, 2.45) is 4.99 Å². The first-order valence-corrected chi connectivity index (χ1v) is 9.80. The van der Waals surface area contributed by atoms with Crippen molar-refractivity contribution in [3.63, 3.8) is 0 Å². The molecule has 4 rings (SSSR count). The maximum Gasteiger partial charge on any atom is 0.363 e. The van der Waals surface area contributed by atoms with Gasteiger partial charge in [0, 0.05) is 17.9 Å². The van der Waals surface area contributed by atoms with Crippen LogP contribution in [-0.4, -0.2) is 22.8 Å². The van der Waals surface area contributed by atoms with E-state index in [1.165, 1.54) is 23.2 Å². The zero-order valence-corrected chi connectivity index (χ0v) is 16.6. The van der Waals surface area contributed by atoms with E-state index in [9.17, 15) is 9.59 Å². The van der Waals surface area contributed by atoms with Gasteiger partial charge in [-0.3, -0.25) is 9.69 Å². The van der Waals surface area contributed by atoms with Crippen molar-refractivity contribution < 1.29 is 14.3 Å². The van der Waals surface area contributed by atoms with Gasteiger partial charge in [0.25, 0.3) is 0 Å². The Hall–Kier alpha value is -3.58. The van der Waals surface area contributed by atoms with Crippen LogP contribution in [0.2, 0.25) is 0 Å². The SMILES string of the molecule is CC(=O)N(c1ccccc1)c1nc(/C=C2\N=C(c3cccc(C)c3)OC2=O)cs1. The molecule has 7 heteroatoms. The van der Waals surface area contributed by atoms with E-state index in [4.69, 9.17) is 4.74 Å². The summed E-state index contributed by atoms with van der Waals surface area (Å²) in [5.41, 5.74) is 3.23. The maximum absolute atomic E-state index is 12.2. The van der Waals surface area contributed by atoms with Crippen molar-refractivity contribution in [1.82, 2.24) is 4.98 Å². The number of aliphatic imine (C=N–C) groups is 1. The summed E-state index contributed by atoms with van der Waals surface area (Å²) in [5.74, 6) is -0.401. The summed E-state index contributed by atoms with van der Waals surface area (Å²) in [6.45, 7) is 3.45. The smallest absolute Gasteiger partial charge is 0.363 e. The summed E-state index contributed by atoms with van der Waals surface area (Å²) in [6.07, 6.45) is 1.56. The number of rotatable bonds is 4. The number of hydrogen-bond acceptors (Lipinski definition) is 6. The highest BCUT2D eigenvalue weighted by molar-refractivity contribution is 7.14. The molecule has 0 unspecified atom stereocenters. The Balaban J connectivity index is 1.63. The number of benzene rings is 2. The van der Waals surface area contributed by atoms with Crippen LogP contribution in [-0.2, 0) is 14.3 Å². The molecule has 0 aliphatic carbocycles. The molecule has 144 valence electrons. The van der Waals surface area contributed by atoms with E-state index in [1.54, 1.807) is 11.5 Å². The van der Waals surface area contributed by atoms with E-state index < -0.39 is 5.97 Å². The van der Waals surface area contributed by atoms with E-state index in [1.807, 2.05) is 61.5 Å². The molecular weight excluding hydrogens is 386 g/mol. The molecule has 0 atom stereocenters. The zero-order chi connectivity index (χ0) is 20.4. The number of para-hydroxylation sites is 1. The van der Waals surface area contributed by atoms with Crippen molar-refractivity contribution >= 4 is 46.0 Å². The van der Waals surface area contributed by atoms with E-state index >= 15 is 0 Å². The molecule has 0 N–H and O–H groups in total. The fourth-order valence-corrected chi connectivity index (χ4v) is 3.74. The highest BCUT2D eigenvalue weighted by Crippen LogP contribution is 2.30. The predicted molar refractivity (Wildman–Crippen MR) is 113 cm³/mol. The number of hydrogen-bond donors (Lipinski definition) is 0. The first-order valence-electron chi connectivity index (χ1n) is 8.92. The van der Waals surface area contributed by atoms with E-state index in [2.05, 4.69) is 9.98 Å². The van der Waals surface area contributed by atoms with E-state index in [0.29, 0.717) is 10.8 Å². The van der Waals surface area contributed by atoms with Gasteiger partial charge in [-0.05, 0) is 37.3 Å². The molecule has 0 saturated heterocycles. The fraction of sp³-hybridized carbons (Fsp3) is 0.0909. The summed E-state index contributed by atoms with van der Waals surface area (Å²) >= 11 is 1.31. The van der Waals surface area contributed by atoms with Crippen LogP contribution in [0.25, 0.3) is 6.08 Å². The number of aryl methyl sites for hydroxylation is 1. The molecule has 0 radical (unpaired) electrons. The van der Waals surface area contributed by atoms with Gasteiger partial charge >= 0.3 is 5.97 Å². The molecule has 3 aromatic rings. The molecule has 2 aromatic carbocycles. The number of thiazole rings is 1. The zero-order valence-electron chi connectivity index (χ0n) is 15.8. The van der Waals surface area contributed by atoms with E-state index in [-0.39, 0.29) is 17.5 Å². The second-order valence-electron chi connectivity index (χ2n) is 6.45. The Labute approximate surface area is 171 Å². The van der Waals surface area contributed by atoms with Gasteiger partial charge in [-0.25, -0.2) is 14.8 Å². The van der Waals surface area contributed by atoms with Gasteiger partial charge in [0.05, 0.1) is 11.4 Å². The van der Waals surface area contributed by atoms with Crippen LogP contribution in [0, 0.1) is 6.92 Å². The highest BCUT2D eigenvalue weighted by atomic mass is 32.1. The molecule has 1 aliphatic rings. The van der Waals surface area contributed by atoms with Gasteiger partial charge in [-0.2, -0.15) is 0 Å². The van der Waals surface area contributed by atoms with Crippen LogP contribution in [0.15, 0.2) is 70.7 Å². The van der Waals surface area contributed by atoms with Gasteiger partial charge in [-0.15, -0.1) is 11.3 Å². The van der Waals surface area contributed by atoms with Crippen LogP contribution in [0.1, 0.15) is 23.7 Å². The summed E-state index contributed by atoms with van der Waals surface area (Å²) in [6, 6.07) is 16.9. The number of nitrogens with zero attached hydrogens (tertiary/aromatic N) is 3. The summed E-state index contributed by atoms with van der Waals surface area (Å²) < 4.78 is 5.30. The van der Waals surface area contributed by atoms with Crippen LogP contribution >= 0.6 is 11.3 Å². The number of aromatic nitrogens is 1. The Morgan fingerprint density at radius 1 is 1.14 bits per heavy atom. The van der Waals surface area contributed by atoms with Crippen LogP contribution in [0.4, 0.5) is 10.8 Å². The Bertz CT molecular complexity index is 1150. The van der Waals surface area contributed by atoms with Gasteiger partial charge < -0.3 is 4.74 Å². The normalized spacial score (nSPS) is 14.6.